The van der Waals surface area contributed by atoms with Crippen molar-refractivity contribution in [3.8, 4) is 0 Å². The van der Waals surface area contributed by atoms with Gasteiger partial charge >= 0.3 is 0 Å². The van der Waals surface area contributed by atoms with E-state index in [1.54, 1.807) is 0 Å². The van der Waals surface area contributed by atoms with Crippen LogP contribution >= 0.6 is 0 Å². The average Bonchev–Trinajstić information content (AvgIpc) is 2.86. The monoisotopic (exact) mass is 263 g/mol. The predicted octanol–water partition coefficient (Wildman–Crippen LogP) is 1.97. The van der Waals surface area contributed by atoms with Crippen LogP contribution in [0.5, 0.6) is 0 Å². The average molecular weight is 263 g/mol. The zero-order valence-electron chi connectivity index (χ0n) is 12.1. The molecule has 1 aliphatic rings. The van der Waals surface area contributed by atoms with Crippen molar-refractivity contribution < 1.29 is 4.74 Å². The number of rotatable bonds is 5. The molecule has 2 N–H and O–H groups in total. The summed E-state index contributed by atoms with van der Waals surface area (Å²) in [6, 6.07) is 6.70. The van der Waals surface area contributed by atoms with Crippen LogP contribution in [0, 0.1) is 0 Å². The third kappa shape index (κ3) is 3.14. The molecular weight excluding hydrogens is 238 g/mol. The molecule has 2 rings (SSSR count). The molecule has 1 aromatic rings. The largest absolute Gasteiger partial charge is 0.377 e. The summed E-state index contributed by atoms with van der Waals surface area (Å²) in [7, 11) is 2.14. The summed E-state index contributed by atoms with van der Waals surface area (Å²) in [5, 5.41) is 0. The van der Waals surface area contributed by atoms with Crippen molar-refractivity contribution in [2.45, 2.75) is 50.9 Å². The Kier molecular flexibility index (Phi) is 4.91. The molecule has 2 heterocycles. The number of likely N-dealkylation sites (N-methyl/N-ethyl adjacent to an activating group) is 1. The molecule has 0 bridgehead atoms. The number of nitrogens with zero attached hydrogens (tertiary/aromatic N) is 2. The van der Waals surface area contributed by atoms with Gasteiger partial charge in [-0.05, 0) is 38.9 Å². The van der Waals surface area contributed by atoms with Crippen LogP contribution in [0.4, 0.5) is 0 Å². The first-order chi connectivity index (χ1) is 9.15. The van der Waals surface area contributed by atoms with E-state index in [4.69, 9.17) is 10.5 Å². The second-order valence-corrected chi connectivity index (χ2v) is 5.37. The van der Waals surface area contributed by atoms with Crippen LogP contribution in [0.25, 0.3) is 0 Å². The maximum Gasteiger partial charge on any atom is 0.0703 e. The van der Waals surface area contributed by atoms with Gasteiger partial charge < -0.3 is 10.5 Å². The number of ether oxygens (including phenoxy) is 1. The molecule has 106 valence electrons. The van der Waals surface area contributed by atoms with Gasteiger partial charge in [0.25, 0.3) is 0 Å². The highest BCUT2D eigenvalue weighted by atomic mass is 16.5. The molecular formula is C15H25N3O. The fourth-order valence-corrected chi connectivity index (χ4v) is 2.97. The van der Waals surface area contributed by atoms with E-state index in [0.29, 0.717) is 6.04 Å². The van der Waals surface area contributed by atoms with Gasteiger partial charge in [0.2, 0.25) is 0 Å². The van der Waals surface area contributed by atoms with Crippen LogP contribution < -0.4 is 5.73 Å². The highest BCUT2D eigenvalue weighted by molar-refractivity contribution is 5.12. The highest BCUT2D eigenvalue weighted by Gasteiger charge is 2.35. The van der Waals surface area contributed by atoms with Gasteiger partial charge in [0, 0.05) is 24.9 Å². The van der Waals surface area contributed by atoms with Crippen molar-refractivity contribution in [1.29, 1.82) is 0 Å². The first-order valence-electron chi connectivity index (χ1n) is 7.15. The summed E-state index contributed by atoms with van der Waals surface area (Å²) in [4.78, 5) is 6.86. The molecule has 1 fully saturated rings. The van der Waals surface area contributed by atoms with Crippen LogP contribution in [0.1, 0.15) is 38.4 Å². The van der Waals surface area contributed by atoms with Gasteiger partial charge in [0.05, 0.1) is 17.8 Å². The van der Waals surface area contributed by atoms with Crippen molar-refractivity contribution in [3.63, 3.8) is 0 Å². The lowest BCUT2D eigenvalue weighted by Crippen LogP contribution is -2.46. The molecule has 0 aliphatic carbocycles. The zero-order valence-corrected chi connectivity index (χ0v) is 12.1. The van der Waals surface area contributed by atoms with Gasteiger partial charge in [-0.3, -0.25) is 9.88 Å². The lowest BCUT2D eigenvalue weighted by Gasteiger charge is -2.37. The maximum absolute atomic E-state index is 6.34. The third-order valence-electron chi connectivity index (χ3n) is 4.17. The summed E-state index contributed by atoms with van der Waals surface area (Å²) in [6.07, 6.45) is 4.11. The molecule has 4 nitrogen and oxygen atoms in total. The summed E-state index contributed by atoms with van der Waals surface area (Å²) >= 11 is 0. The third-order valence-corrected chi connectivity index (χ3v) is 4.17. The van der Waals surface area contributed by atoms with Gasteiger partial charge in [0.15, 0.2) is 0 Å². The van der Waals surface area contributed by atoms with E-state index in [1.807, 2.05) is 18.3 Å². The minimum absolute atomic E-state index is 0.0905. The maximum atomic E-state index is 6.34. The Morgan fingerprint density at radius 2 is 2.32 bits per heavy atom. The van der Waals surface area contributed by atoms with E-state index in [-0.39, 0.29) is 18.2 Å². The molecule has 4 heteroatoms. The lowest BCUT2D eigenvalue weighted by atomic mass is 9.97. The number of hydrogen-bond acceptors (Lipinski definition) is 4. The zero-order chi connectivity index (χ0) is 13.8. The van der Waals surface area contributed by atoms with Gasteiger partial charge in [-0.1, -0.05) is 13.0 Å². The van der Waals surface area contributed by atoms with E-state index in [1.165, 1.54) is 0 Å². The predicted molar refractivity (Wildman–Crippen MR) is 76.8 cm³/mol. The second-order valence-electron chi connectivity index (χ2n) is 5.37. The lowest BCUT2D eigenvalue weighted by molar-refractivity contribution is 0.0598. The van der Waals surface area contributed by atoms with Crippen LogP contribution in [-0.4, -0.2) is 41.7 Å². The van der Waals surface area contributed by atoms with E-state index >= 15 is 0 Å². The first kappa shape index (κ1) is 14.4. The first-order valence-corrected chi connectivity index (χ1v) is 7.15. The quantitative estimate of drug-likeness (QED) is 0.882. The smallest absolute Gasteiger partial charge is 0.0703 e. The molecule has 1 aliphatic heterocycles. The summed E-state index contributed by atoms with van der Waals surface area (Å²) in [6.45, 7) is 5.11. The van der Waals surface area contributed by atoms with Crippen molar-refractivity contribution in [1.82, 2.24) is 9.88 Å². The van der Waals surface area contributed by atoms with Crippen molar-refractivity contribution in [2.24, 2.45) is 5.73 Å². The molecule has 0 amide bonds. The Labute approximate surface area is 116 Å². The Morgan fingerprint density at radius 3 is 2.84 bits per heavy atom. The fraction of sp³-hybridized carbons (Fsp3) is 0.667. The van der Waals surface area contributed by atoms with Crippen molar-refractivity contribution in [2.75, 3.05) is 13.7 Å². The van der Waals surface area contributed by atoms with Crippen LogP contribution in [0.15, 0.2) is 24.4 Å². The Balaban J connectivity index is 2.22. The summed E-state index contributed by atoms with van der Waals surface area (Å²) in [5.41, 5.74) is 7.39. The Bertz CT molecular complexity index is 384. The van der Waals surface area contributed by atoms with Crippen LogP contribution in [0.3, 0.4) is 0 Å². The van der Waals surface area contributed by atoms with Crippen molar-refractivity contribution in [3.05, 3.63) is 30.1 Å². The van der Waals surface area contributed by atoms with E-state index < -0.39 is 0 Å². The van der Waals surface area contributed by atoms with Crippen LogP contribution in [-0.2, 0) is 4.74 Å². The van der Waals surface area contributed by atoms with E-state index in [2.05, 4.69) is 36.8 Å². The Hall–Kier alpha value is -0.970. The van der Waals surface area contributed by atoms with Gasteiger partial charge in [-0.25, -0.2) is 0 Å². The normalized spacial score (nSPS) is 26.6. The molecule has 0 radical (unpaired) electrons. The number of hydrogen-bond donors (Lipinski definition) is 1. The standard InChI is InChI=1S/C15H25N3O/c1-4-12(16)15(13-7-5-6-9-17-13)18(3)14-8-10-19-11(14)2/h5-7,9,11-12,14-15H,4,8,10,16H2,1-3H3. The molecule has 0 aromatic carbocycles. The van der Waals surface area contributed by atoms with E-state index in [0.717, 1.165) is 25.1 Å². The number of nitrogens with two attached hydrogens (primary N) is 1. The molecule has 1 aromatic heterocycles. The minimum Gasteiger partial charge on any atom is -0.377 e. The summed E-state index contributed by atoms with van der Waals surface area (Å²) in [5.74, 6) is 0. The molecule has 19 heavy (non-hydrogen) atoms. The fourth-order valence-electron chi connectivity index (χ4n) is 2.97. The number of aromatic nitrogens is 1. The molecule has 4 unspecified atom stereocenters. The van der Waals surface area contributed by atoms with Crippen molar-refractivity contribution >= 4 is 0 Å². The molecule has 1 saturated heterocycles. The minimum atomic E-state index is 0.0905. The molecule has 0 saturated carbocycles. The Morgan fingerprint density at radius 1 is 1.53 bits per heavy atom. The number of pyridine rings is 1. The SMILES string of the molecule is CCC(N)C(c1ccccn1)N(C)C1CCOC1C. The van der Waals surface area contributed by atoms with E-state index in [9.17, 15) is 0 Å². The van der Waals surface area contributed by atoms with Gasteiger partial charge in [0.1, 0.15) is 0 Å². The molecule has 0 spiro atoms. The van der Waals surface area contributed by atoms with Gasteiger partial charge in [-0.2, -0.15) is 0 Å². The van der Waals surface area contributed by atoms with Crippen LogP contribution in [0.2, 0.25) is 0 Å². The summed E-state index contributed by atoms with van der Waals surface area (Å²) < 4.78 is 5.68. The highest BCUT2D eigenvalue weighted by Crippen LogP contribution is 2.29. The molecule has 4 atom stereocenters. The topological polar surface area (TPSA) is 51.4 Å². The van der Waals surface area contributed by atoms with Gasteiger partial charge in [-0.15, -0.1) is 0 Å². The second kappa shape index (κ2) is 6.46.